The molecule has 3 aliphatic rings. The first kappa shape index (κ1) is 20.3. The molecule has 0 bridgehead atoms. The second kappa shape index (κ2) is 8.73. The van der Waals surface area contributed by atoms with Crippen LogP contribution in [0.4, 0.5) is 13.2 Å². The molecule has 2 saturated carbocycles. The van der Waals surface area contributed by atoms with Gasteiger partial charge in [-0.3, -0.25) is 5.32 Å². The SMILES string of the molecule is NC1CCCC(OC2CC(C(F)(F)F)CC(OC3CCCC(N)C3)N2)C1. The second-order valence-electron chi connectivity index (χ2n) is 8.22. The maximum Gasteiger partial charge on any atom is 0.392 e. The van der Waals surface area contributed by atoms with Crippen molar-refractivity contribution in [3.63, 3.8) is 0 Å². The third-order valence-electron chi connectivity index (χ3n) is 5.88. The highest BCUT2D eigenvalue weighted by Gasteiger charge is 2.46. The van der Waals surface area contributed by atoms with E-state index in [0.29, 0.717) is 12.8 Å². The van der Waals surface area contributed by atoms with E-state index in [4.69, 9.17) is 20.9 Å². The van der Waals surface area contributed by atoms with Crippen LogP contribution in [0, 0.1) is 5.92 Å². The molecule has 5 N–H and O–H groups in total. The predicted octanol–water partition coefficient (Wildman–Crippen LogP) is 2.77. The number of hydrogen-bond acceptors (Lipinski definition) is 5. The van der Waals surface area contributed by atoms with Crippen molar-refractivity contribution in [2.24, 2.45) is 17.4 Å². The van der Waals surface area contributed by atoms with Crippen molar-refractivity contribution in [1.82, 2.24) is 5.32 Å². The first-order valence-electron chi connectivity index (χ1n) is 9.94. The summed E-state index contributed by atoms with van der Waals surface area (Å²) < 4.78 is 52.1. The molecule has 26 heavy (non-hydrogen) atoms. The number of piperidine rings is 1. The fourth-order valence-electron chi connectivity index (χ4n) is 4.49. The molecule has 8 heteroatoms. The molecule has 5 nitrogen and oxygen atoms in total. The van der Waals surface area contributed by atoms with Crippen LogP contribution in [0.25, 0.3) is 0 Å². The molecule has 6 unspecified atom stereocenters. The molecule has 3 rings (SSSR count). The Labute approximate surface area is 153 Å². The van der Waals surface area contributed by atoms with Crippen LogP contribution in [0.5, 0.6) is 0 Å². The standard InChI is InChI=1S/C18H32F3N3O2/c19-18(20,21)11-7-16(25-14-5-1-3-12(22)9-14)24-17(8-11)26-15-6-2-4-13(23)10-15/h11-17,24H,1-10,22-23H2. The maximum absolute atomic E-state index is 13.4. The van der Waals surface area contributed by atoms with Crippen molar-refractivity contribution < 1.29 is 22.6 Å². The van der Waals surface area contributed by atoms with Gasteiger partial charge in [0.25, 0.3) is 0 Å². The van der Waals surface area contributed by atoms with E-state index in [1.807, 2.05) is 0 Å². The van der Waals surface area contributed by atoms with E-state index in [1.165, 1.54) is 0 Å². The predicted molar refractivity (Wildman–Crippen MR) is 92.1 cm³/mol. The van der Waals surface area contributed by atoms with Crippen molar-refractivity contribution in [3.05, 3.63) is 0 Å². The largest absolute Gasteiger partial charge is 0.392 e. The molecule has 1 saturated heterocycles. The van der Waals surface area contributed by atoms with E-state index in [9.17, 15) is 13.2 Å². The average molecular weight is 379 g/mol. The van der Waals surface area contributed by atoms with Crippen LogP contribution in [0.15, 0.2) is 0 Å². The minimum Gasteiger partial charge on any atom is -0.360 e. The molecule has 0 radical (unpaired) electrons. The topological polar surface area (TPSA) is 82.5 Å². The van der Waals surface area contributed by atoms with Gasteiger partial charge in [-0.2, -0.15) is 13.2 Å². The normalized spacial score (nSPS) is 42.6. The summed E-state index contributed by atoms with van der Waals surface area (Å²) in [5.41, 5.74) is 11.9. The van der Waals surface area contributed by atoms with Gasteiger partial charge in [0.1, 0.15) is 12.5 Å². The van der Waals surface area contributed by atoms with Gasteiger partial charge in [-0.05, 0) is 64.2 Å². The summed E-state index contributed by atoms with van der Waals surface area (Å²) in [4.78, 5) is 0. The first-order chi connectivity index (χ1) is 12.3. The molecule has 0 aromatic carbocycles. The third-order valence-corrected chi connectivity index (χ3v) is 5.88. The quantitative estimate of drug-likeness (QED) is 0.700. The number of halogens is 3. The van der Waals surface area contributed by atoms with Gasteiger partial charge < -0.3 is 20.9 Å². The summed E-state index contributed by atoms with van der Waals surface area (Å²) in [6, 6.07) is 0.151. The van der Waals surface area contributed by atoms with Crippen molar-refractivity contribution in [3.8, 4) is 0 Å². The molecular formula is C18H32F3N3O2. The van der Waals surface area contributed by atoms with E-state index in [-0.39, 0.29) is 37.1 Å². The van der Waals surface area contributed by atoms with Crippen LogP contribution >= 0.6 is 0 Å². The van der Waals surface area contributed by atoms with Crippen LogP contribution < -0.4 is 16.8 Å². The van der Waals surface area contributed by atoms with Crippen LogP contribution in [0.3, 0.4) is 0 Å². The lowest BCUT2D eigenvalue weighted by Crippen LogP contribution is -2.53. The van der Waals surface area contributed by atoms with Gasteiger partial charge in [-0.25, -0.2) is 0 Å². The molecule has 0 aromatic rings. The minimum atomic E-state index is -4.24. The molecule has 1 aliphatic heterocycles. The number of nitrogens with one attached hydrogen (secondary N) is 1. The monoisotopic (exact) mass is 379 g/mol. The van der Waals surface area contributed by atoms with Gasteiger partial charge in [0, 0.05) is 12.1 Å². The van der Waals surface area contributed by atoms with E-state index in [1.54, 1.807) is 0 Å². The summed E-state index contributed by atoms with van der Waals surface area (Å²) in [5, 5.41) is 3.15. The molecule has 0 spiro atoms. The molecule has 1 heterocycles. The molecule has 6 atom stereocenters. The smallest absolute Gasteiger partial charge is 0.360 e. The highest BCUT2D eigenvalue weighted by molar-refractivity contribution is 4.85. The summed E-state index contributed by atoms with van der Waals surface area (Å²) >= 11 is 0. The molecule has 3 fully saturated rings. The Hall–Kier alpha value is -0.410. The maximum atomic E-state index is 13.4. The van der Waals surface area contributed by atoms with Crippen LogP contribution in [-0.2, 0) is 9.47 Å². The lowest BCUT2D eigenvalue weighted by molar-refractivity contribution is -0.223. The summed E-state index contributed by atoms with van der Waals surface area (Å²) in [6.07, 6.45) is 1.12. The lowest BCUT2D eigenvalue weighted by Gasteiger charge is -2.41. The average Bonchev–Trinajstić information content (AvgIpc) is 2.54. The summed E-state index contributed by atoms with van der Waals surface area (Å²) in [5.74, 6) is -1.41. The Morgan fingerprint density at radius 2 is 1.19 bits per heavy atom. The van der Waals surface area contributed by atoms with E-state index < -0.39 is 24.6 Å². The van der Waals surface area contributed by atoms with Gasteiger partial charge in [-0.15, -0.1) is 0 Å². The third kappa shape index (κ3) is 5.79. The lowest BCUT2D eigenvalue weighted by atomic mass is 9.91. The molecule has 152 valence electrons. The van der Waals surface area contributed by atoms with Crippen molar-refractivity contribution >= 4 is 0 Å². The van der Waals surface area contributed by atoms with Gasteiger partial charge in [-0.1, -0.05) is 0 Å². The zero-order valence-corrected chi connectivity index (χ0v) is 15.2. The first-order valence-corrected chi connectivity index (χ1v) is 9.94. The van der Waals surface area contributed by atoms with Gasteiger partial charge in [0.05, 0.1) is 18.1 Å². The number of hydrogen-bond donors (Lipinski definition) is 3. The van der Waals surface area contributed by atoms with Crippen LogP contribution in [0.2, 0.25) is 0 Å². The number of rotatable bonds is 4. The number of ether oxygens (including phenoxy) is 2. The Morgan fingerprint density at radius 3 is 1.58 bits per heavy atom. The van der Waals surface area contributed by atoms with E-state index in [0.717, 1.165) is 38.5 Å². The Kier molecular flexibility index (Phi) is 6.83. The van der Waals surface area contributed by atoms with E-state index >= 15 is 0 Å². The van der Waals surface area contributed by atoms with Crippen molar-refractivity contribution in [2.45, 2.75) is 107 Å². The summed E-state index contributed by atoms with van der Waals surface area (Å²) in [6.45, 7) is 0. The van der Waals surface area contributed by atoms with Crippen LogP contribution in [0.1, 0.15) is 64.2 Å². The molecular weight excluding hydrogens is 347 g/mol. The van der Waals surface area contributed by atoms with Gasteiger partial charge in [0.15, 0.2) is 0 Å². The van der Waals surface area contributed by atoms with E-state index in [2.05, 4.69) is 5.32 Å². The zero-order valence-electron chi connectivity index (χ0n) is 15.2. The summed E-state index contributed by atoms with van der Waals surface area (Å²) in [7, 11) is 0. The highest BCUT2D eigenvalue weighted by atomic mass is 19.4. The Balaban J connectivity index is 1.59. The zero-order chi connectivity index (χ0) is 18.7. The number of nitrogens with two attached hydrogens (primary N) is 2. The molecule has 0 amide bonds. The van der Waals surface area contributed by atoms with Crippen LogP contribution in [-0.4, -0.2) is 42.9 Å². The molecule has 0 aromatic heterocycles. The van der Waals surface area contributed by atoms with Crippen molar-refractivity contribution in [2.75, 3.05) is 0 Å². The number of alkyl halides is 3. The minimum absolute atomic E-state index is 0.0702. The Bertz CT molecular complexity index is 420. The van der Waals surface area contributed by atoms with Gasteiger partial charge >= 0.3 is 6.18 Å². The molecule has 2 aliphatic carbocycles. The fraction of sp³-hybridized carbons (Fsp3) is 1.00. The van der Waals surface area contributed by atoms with Crippen molar-refractivity contribution in [1.29, 1.82) is 0 Å². The second-order valence-corrected chi connectivity index (χ2v) is 8.22. The van der Waals surface area contributed by atoms with Gasteiger partial charge in [0.2, 0.25) is 0 Å². The fourth-order valence-corrected chi connectivity index (χ4v) is 4.49. The highest BCUT2D eigenvalue weighted by Crippen LogP contribution is 2.38. The Morgan fingerprint density at radius 1 is 0.731 bits per heavy atom.